The van der Waals surface area contributed by atoms with Crippen LogP contribution in [0.5, 0.6) is 0 Å². The highest BCUT2D eigenvalue weighted by molar-refractivity contribution is 7.87. The van der Waals surface area contributed by atoms with Crippen LogP contribution in [0, 0.1) is 6.92 Å². The zero-order valence-corrected chi connectivity index (χ0v) is 15.1. The molecule has 0 radical (unpaired) electrons. The third-order valence-electron chi connectivity index (χ3n) is 3.76. The molecule has 1 aromatic rings. The fraction of sp³-hybridized carbons (Fsp3) is 0.571. The van der Waals surface area contributed by atoms with Crippen molar-refractivity contribution in [3.63, 3.8) is 0 Å². The number of hydrogen-bond acceptors (Lipinski definition) is 5. The van der Waals surface area contributed by atoms with Crippen molar-refractivity contribution in [3.8, 4) is 0 Å². The first-order valence-corrected chi connectivity index (χ1v) is 10.1. The maximum atomic E-state index is 12.2. The molecule has 0 amide bonds. The Balaban J connectivity index is 2.00. The molecule has 1 aliphatic heterocycles. The van der Waals surface area contributed by atoms with Gasteiger partial charge in [-0.3, -0.25) is 4.18 Å². The van der Waals surface area contributed by atoms with Crippen LogP contribution in [0.15, 0.2) is 29.2 Å². The fourth-order valence-corrected chi connectivity index (χ4v) is 4.60. The van der Waals surface area contributed by atoms with Gasteiger partial charge in [-0.1, -0.05) is 17.7 Å². The van der Waals surface area contributed by atoms with E-state index in [2.05, 4.69) is 0 Å². The lowest BCUT2D eigenvalue weighted by Crippen LogP contribution is -2.46. The van der Waals surface area contributed by atoms with Crippen LogP contribution < -0.4 is 0 Å². The van der Waals surface area contributed by atoms with Crippen LogP contribution in [0.1, 0.15) is 18.4 Å². The van der Waals surface area contributed by atoms with Crippen molar-refractivity contribution >= 4 is 20.3 Å². The lowest BCUT2D eigenvalue weighted by Gasteiger charge is -2.32. The van der Waals surface area contributed by atoms with Crippen molar-refractivity contribution in [2.45, 2.75) is 30.8 Å². The van der Waals surface area contributed by atoms with Gasteiger partial charge in [0.05, 0.1) is 11.0 Å². The average molecular weight is 362 g/mol. The molecular formula is C14H22N2O5S2. The minimum Gasteiger partial charge on any atom is -0.263 e. The summed E-state index contributed by atoms with van der Waals surface area (Å²) in [6, 6.07) is 6.44. The highest BCUT2D eigenvalue weighted by Crippen LogP contribution is 2.22. The largest absolute Gasteiger partial charge is 0.297 e. The molecule has 7 nitrogen and oxygen atoms in total. The number of hydrogen-bond donors (Lipinski definition) is 0. The molecule has 0 bridgehead atoms. The summed E-state index contributed by atoms with van der Waals surface area (Å²) in [5.74, 6) is 0. The van der Waals surface area contributed by atoms with Crippen LogP contribution in [-0.4, -0.2) is 58.7 Å². The summed E-state index contributed by atoms with van der Waals surface area (Å²) < 4.78 is 56.3. The molecule has 0 atom stereocenters. The predicted molar refractivity (Wildman–Crippen MR) is 86.7 cm³/mol. The second kappa shape index (κ2) is 6.86. The second-order valence-corrected chi connectivity index (χ2v) is 9.47. The van der Waals surface area contributed by atoms with Crippen molar-refractivity contribution < 1.29 is 21.0 Å². The van der Waals surface area contributed by atoms with Gasteiger partial charge in [0.25, 0.3) is 20.3 Å². The minimum atomic E-state index is -3.82. The summed E-state index contributed by atoms with van der Waals surface area (Å²) >= 11 is 0. The average Bonchev–Trinajstić information content (AvgIpc) is 2.47. The Labute approximate surface area is 138 Å². The maximum Gasteiger partial charge on any atom is 0.297 e. The molecule has 0 aromatic heterocycles. The van der Waals surface area contributed by atoms with E-state index < -0.39 is 26.4 Å². The predicted octanol–water partition coefficient (Wildman–Crippen LogP) is 0.971. The highest BCUT2D eigenvalue weighted by Gasteiger charge is 2.32. The SMILES string of the molecule is Cc1ccc(S(=O)(=O)OC2CCN(S(=O)(=O)N(C)C)CC2)cc1. The second-order valence-electron chi connectivity index (χ2n) is 5.75. The van der Waals surface area contributed by atoms with Crippen LogP contribution in [0.2, 0.25) is 0 Å². The van der Waals surface area contributed by atoms with E-state index in [-0.39, 0.29) is 18.0 Å². The van der Waals surface area contributed by atoms with Crippen LogP contribution in [0.4, 0.5) is 0 Å². The quantitative estimate of drug-likeness (QED) is 0.729. The normalized spacial score (nSPS) is 18.4. The molecular weight excluding hydrogens is 340 g/mol. The van der Waals surface area contributed by atoms with Crippen molar-refractivity contribution in [2.75, 3.05) is 27.2 Å². The third-order valence-corrected chi connectivity index (χ3v) is 7.08. The first-order chi connectivity index (χ1) is 10.6. The molecule has 1 fully saturated rings. The van der Waals surface area contributed by atoms with E-state index in [1.54, 1.807) is 12.1 Å². The van der Waals surface area contributed by atoms with Gasteiger partial charge in [-0.25, -0.2) is 0 Å². The van der Waals surface area contributed by atoms with Crippen LogP contribution in [0.25, 0.3) is 0 Å². The molecule has 23 heavy (non-hydrogen) atoms. The fourth-order valence-electron chi connectivity index (χ4n) is 2.33. The third kappa shape index (κ3) is 4.30. The van der Waals surface area contributed by atoms with Gasteiger partial charge in [0, 0.05) is 27.2 Å². The Morgan fingerprint density at radius 2 is 1.57 bits per heavy atom. The van der Waals surface area contributed by atoms with E-state index in [1.165, 1.54) is 30.5 Å². The summed E-state index contributed by atoms with van der Waals surface area (Å²) in [5, 5.41) is 0. The Morgan fingerprint density at radius 3 is 2.04 bits per heavy atom. The van der Waals surface area contributed by atoms with Gasteiger partial charge in [0.2, 0.25) is 0 Å². The number of rotatable bonds is 5. The van der Waals surface area contributed by atoms with Gasteiger partial charge >= 0.3 is 0 Å². The van der Waals surface area contributed by atoms with E-state index in [0.29, 0.717) is 12.8 Å². The zero-order valence-electron chi connectivity index (χ0n) is 13.5. The topological polar surface area (TPSA) is 84.0 Å². The Hall–Kier alpha value is -1.00. The molecule has 9 heteroatoms. The first kappa shape index (κ1) is 18.3. The highest BCUT2D eigenvalue weighted by atomic mass is 32.2. The number of aryl methyl sites for hydroxylation is 1. The first-order valence-electron chi connectivity index (χ1n) is 7.30. The van der Waals surface area contributed by atoms with Crippen molar-refractivity contribution in [3.05, 3.63) is 29.8 Å². The van der Waals surface area contributed by atoms with Gasteiger partial charge in [-0.05, 0) is 31.9 Å². The standard InChI is InChI=1S/C14H22N2O5S2/c1-12-4-6-14(7-5-12)22(17,18)21-13-8-10-16(11-9-13)23(19,20)15(2)3/h4-7,13H,8-11H2,1-3H3. The molecule has 1 aliphatic rings. The molecule has 0 N–H and O–H groups in total. The number of piperidine rings is 1. The molecule has 0 aliphatic carbocycles. The smallest absolute Gasteiger partial charge is 0.263 e. The molecule has 0 unspecified atom stereocenters. The number of benzene rings is 1. The van der Waals surface area contributed by atoms with Crippen molar-refractivity contribution in [1.29, 1.82) is 0 Å². The van der Waals surface area contributed by atoms with Crippen LogP contribution in [-0.2, 0) is 24.5 Å². The summed E-state index contributed by atoms with van der Waals surface area (Å²) in [4.78, 5) is 0.117. The Bertz CT molecular complexity index is 734. The van der Waals surface area contributed by atoms with Crippen LogP contribution in [0.3, 0.4) is 0 Å². The Morgan fingerprint density at radius 1 is 1.04 bits per heavy atom. The Kier molecular flexibility index (Phi) is 5.47. The molecule has 0 spiro atoms. The lowest BCUT2D eigenvalue weighted by atomic mass is 10.1. The molecule has 1 heterocycles. The van der Waals surface area contributed by atoms with Gasteiger partial charge < -0.3 is 0 Å². The summed E-state index contributed by atoms with van der Waals surface area (Å²) in [7, 11) is -4.34. The van der Waals surface area contributed by atoms with Crippen molar-refractivity contribution in [1.82, 2.24) is 8.61 Å². The number of nitrogens with zero attached hydrogens (tertiary/aromatic N) is 2. The van der Waals surface area contributed by atoms with Gasteiger partial charge in [-0.15, -0.1) is 0 Å². The summed E-state index contributed by atoms with van der Waals surface area (Å²) in [5.41, 5.74) is 0.964. The lowest BCUT2D eigenvalue weighted by molar-refractivity contribution is 0.139. The summed E-state index contributed by atoms with van der Waals surface area (Å²) in [6.07, 6.45) is 0.186. The van der Waals surface area contributed by atoms with E-state index in [9.17, 15) is 16.8 Å². The van der Waals surface area contributed by atoms with Gasteiger partial charge in [0.15, 0.2) is 0 Å². The van der Waals surface area contributed by atoms with E-state index in [0.717, 1.165) is 9.87 Å². The molecule has 1 aromatic carbocycles. The van der Waals surface area contributed by atoms with E-state index in [1.807, 2.05) is 6.92 Å². The molecule has 1 saturated heterocycles. The zero-order chi connectivity index (χ0) is 17.3. The van der Waals surface area contributed by atoms with Crippen LogP contribution >= 0.6 is 0 Å². The van der Waals surface area contributed by atoms with Gasteiger partial charge in [-0.2, -0.15) is 25.4 Å². The monoisotopic (exact) mass is 362 g/mol. The van der Waals surface area contributed by atoms with E-state index in [4.69, 9.17) is 4.18 Å². The molecule has 2 rings (SSSR count). The van der Waals surface area contributed by atoms with Gasteiger partial charge in [0.1, 0.15) is 0 Å². The summed E-state index contributed by atoms with van der Waals surface area (Å²) in [6.45, 7) is 2.36. The molecule has 0 saturated carbocycles. The molecule has 130 valence electrons. The van der Waals surface area contributed by atoms with E-state index >= 15 is 0 Å². The maximum absolute atomic E-state index is 12.2. The minimum absolute atomic E-state index is 0.117. The van der Waals surface area contributed by atoms with Crippen molar-refractivity contribution in [2.24, 2.45) is 0 Å².